The second-order valence-corrected chi connectivity index (χ2v) is 6.79. The molecule has 0 heterocycles. The summed E-state index contributed by atoms with van der Waals surface area (Å²) in [4.78, 5) is 0. The van der Waals surface area contributed by atoms with Gasteiger partial charge in [0.1, 0.15) is 0 Å². The Bertz CT molecular complexity index is 76.5. The van der Waals surface area contributed by atoms with Crippen molar-refractivity contribution in [3.63, 3.8) is 0 Å². The summed E-state index contributed by atoms with van der Waals surface area (Å²) in [6, 6.07) is 1.49. The molecule has 0 amide bonds. The molecule has 0 aromatic carbocycles. The van der Waals surface area contributed by atoms with Gasteiger partial charge in [-0.25, -0.2) is 0 Å². The first-order chi connectivity index (χ1) is 5.27. The van der Waals surface area contributed by atoms with E-state index in [0.717, 1.165) is 19.6 Å². The number of hydrogen-bond acceptors (Lipinski definition) is 2. The molecular weight excluding hydrogens is 152 g/mol. The molecule has 0 spiro atoms. The van der Waals surface area contributed by atoms with Crippen molar-refractivity contribution in [2.24, 2.45) is 5.73 Å². The third-order valence-electron chi connectivity index (χ3n) is 1.71. The lowest BCUT2D eigenvalue weighted by molar-refractivity contribution is 0.644. The minimum atomic E-state index is -0.282. The number of hydrogen-bond donors (Lipinski definition) is 2. The highest BCUT2D eigenvalue weighted by atomic mass is 28.3. The van der Waals surface area contributed by atoms with E-state index in [1.165, 1.54) is 18.9 Å². The van der Waals surface area contributed by atoms with Gasteiger partial charge in [0, 0.05) is 21.9 Å². The predicted octanol–water partition coefficient (Wildman–Crippen LogP) is 0.802. The third kappa shape index (κ3) is 10.1. The molecular formula is C8H22N2Si. The largest absolute Gasteiger partial charge is 0.329 e. The van der Waals surface area contributed by atoms with Crippen LogP contribution in [-0.2, 0) is 0 Å². The molecule has 0 atom stereocenters. The fourth-order valence-electron chi connectivity index (χ4n) is 1.03. The topological polar surface area (TPSA) is 38.0 Å². The molecule has 0 aliphatic heterocycles. The summed E-state index contributed by atoms with van der Waals surface area (Å²) >= 11 is 0. The summed E-state index contributed by atoms with van der Waals surface area (Å²) < 4.78 is 0. The molecule has 2 nitrogen and oxygen atoms in total. The fourth-order valence-corrected chi connectivity index (χ4v) is 2.13. The smallest absolute Gasteiger partial charge is 0.0305 e. The van der Waals surface area contributed by atoms with E-state index in [0.29, 0.717) is 0 Å². The third-order valence-corrected chi connectivity index (χ3v) is 3.27. The summed E-state index contributed by atoms with van der Waals surface area (Å²) in [5, 5.41) is 3.30. The molecule has 0 bridgehead atoms. The number of rotatable bonds is 7. The first-order valence-corrected chi connectivity index (χ1v) is 7.80. The lowest BCUT2D eigenvalue weighted by Crippen LogP contribution is -2.23. The molecule has 3 N–H and O–H groups in total. The van der Waals surface area contributed by atoms with Crippen LogP contribution in [0.3, 0.4) is 0 Å². The Labute approximate surface area is 72.2 Å². The molecule has 0 aliphatic rings. The van der Waals surface area contributed by atoms with E-state index in [-0.39, 0.29) is 8.80 Å². The van der Waals surface area contributed by atoms with Crippen molar-refractivity contribution < 1.29 is 0 Å². The van der Waals surface area contributed by atoms with E-state index in [2.05, 4.69) is 18.4 Å². The number of nitrogens with two attached hydrogens (primary N) is 1. The molecule has 11 heavy (non-hydrogen) atoms. The van der Waals surface area contributed by atoms with Crippen LogP contribution >= 0.6 is 0 Å². The number of unbranched alkanes of at least 4 members (excludes halogenated alkanes) is 1. The van der Waals surface area contributed by atoms with Crippen LogP contribution in [-0.4, -0.2) is 28.4 Å². The van der Waals surface area contributed by atoms with Gasteiger partial charge in [0.05, 0.1) is 0 Å². The van der Waals surface area contributed by atoms with Crippen molar-refractivity contribution >= 4 is 8.80 Å². The molecule has 0 aromatic heterocycles. The average molecular weight is 174 g/mol. The zero-order valence-electron chi connectivity index (χ0n) is 7.90. The van der Waals surface area contributed by atoms with Gasteiger partial charge in [-0.3, -0.25) is 0 Å². The van der Waals surface area contributed by atoms with Crippen molar-refractivity contribution in [3.05, 3.63) is 0 Å². The van der Waals surface area contributed by atoms with Gasteiger partial charge >= 0.3 is 0 Å². The van der Waals surface area contributed by atoms with Crippen molar-refractivity contribution in [1.29, 1.82) is 0 Å². The van der Waals surface area contributed by atoms with Crippen LogP contribution in [0.25, 0.3) is 0 Å². The maximum Gasteiger partial charge on any atom is 0.0305 e. The molecule has 0 saturated heterocycles. The molecule has 0 rings (SSSR count). The Balaban J connectivity index is 2.80. The highest BCUT2D eigenvalue weighted by molar-refractivity contribution is 6.55. The standard InChI is InChI=1S/C8H22N2Si/c1-11(2)8-4-3-6-10-7-5-9/h10-11H,3-9H2,1-2H3. The van der Waals surface area contributed by atoms with Crippen LogP contribution in [0.4, 0.5) is 0 Å². The summed E-state index contributed by atoms with van der Waals surface area (Å²) in [5.74, 6) is 0. The van der Waals surface area contributed by atoms with Gasteiger partial charge < -0.3 is 11.1 Å². The highest BCUT2D eigenvalue weighted by Crippen LogP contribution is 1.99. The van der Waals surface area contributed by atoms with Crippen molar-refractivity contribution in [2.45, 2.75) is 32.0 Å². The SMILES string of the molecule is C[SiH](C)CCCCNCCN. The van der Waals surface area contributed by atoms with Crippen molar-refractivity contribution in [3.8, 4) is 0 Å². The van der Waals surface area contributed by atoms with Gasteiger partial charge in [-0.2, -0.15) is 0 Å². The highest BCUT2D eigenvalue weighted by Gasteiger charge is 1.94. The van der Waals surface area contributed by atoms with Gasteiger partial charge in [-0.15, -0.1) is 0 Å². The van der Waals surface area contributed by atoms with E-state index in [9.17, 15) is 0 Å². The van der Waals surface area contributed by atoms with Gasteiger partial charge in [0.15, 0.2) is 0 Å². The molecule has 0 saturated carbocycles. The van der Waals surface area contributed by atoms with E-state index in [4.69, 9.17) is 5.73 Å². The molecule has 68 valence electrons. The summed E-state index contributed by atoms with van der Waals surface area (Å²) in [7, 11) is -0.282. The Morgan fingerprint density at radius 3 is 2.45 bits per heavy atom. The van der Waals surface area contributed by atoms with Gasteiger partial charge in [-0.05, 0) is 13.0 Å². The normalized spacial score (nSPS) is 10.9. The van der Waals surface area contributed by atoms with Gasteiger partial charge in [0.2, 0.25) is 0 Å². The second-order valence-electron chi connectivity index (χ2n) is 3.43. The summed E-state index contributed by atoms with van der Waals surface area (Å²) in [6.07, 6.45) is 2.73. The van der Waals surface area contributed by atoms with Gasteiger partial charge in [-0.1, -0.05) is 25.6 Å². The molecule has 0 radical (unpaired) electrons. The second kappa shape index (κ2) is 8.24. The van der Waals surface area contributed by atoms with Crippen molar-refractivity contribution in [1.82, 2.24) is 5.32 Å². The zero-order valence-corrected chi connectivity index (χ0v) is 9.05. The Morgan fingerprint density at radius 2 is 1.91 bits per heavy atom. The van der Waals surface area contributed by atoms with Crippen molar-refractivity contribution in [2.75, 3.05) is 19.6 Å². The van der Waals surface area contributed by atoms with Crippen LogP contribution in [0.2, 0.25) is 19.1 Å². The first kappa shape index (κ1) is 11.1. The molecule has 0 aliphatic carbocycles. The lowest BCUT2D eigenvalue weighted by Gasteiger charge is -2.03. The maximum atomic E-state index is 5.34. The maximum absolute atomic E-state index is 5.34. The Hall–Kier alpha value is 0.137. The van der Waals surface area contributed by atoms with E-state index in [1.807, 2.05) is 0 Å². The van der Waals surface area contributed by atoms with Crippen LogP contribution in [0, 0.1) is 0 Å². The predicted molar refractivity (Wildman–Crippen MR) is 54.8 cm³/mol. The lowest BCUT2D eigenvalue weighted by atomic mass is 10.3. The van der Waals surface area contributed by atoms with E-state index >= 15 is 0 Å². The first-order valence-electron chi connectivity index (χ1n) is 4.68. The average Bonchev–Trinajstić information content (AvgIpc) is 1.96. The number of nitrogens with one attached hydrogen (secondary N) is 1. The van der Waals surface area contributed by atoms with Crippen LogP contribution in [0.15, 0.2) is 0 Å². The van der Waals surface area contributed by atoms with E-state index < -0.39 is 0 Å². The van der Waals surface area contributed by atoms with Crippen LogP contribution in [0.5, 0.6) is 0 Å². The Kier molecular flexibility index (Phi) is 8.34. The summed E-state index contributed by atoms with van der Waals surface area (Å²) in [6.45, 7) is 7.71. The van der Waals surface area contributed by atoms with Gasteiger partial charge in [0.25, 0.3) is 0 Å². The molecule has 3 heteroatoms. The van der Waals surface area contributed by atoms with Crippen LogP contribution < -0.4 is 11.1 Å². The van der Waals surface area contributed by atoms with Crippen LogP contribution in [0.1, 0.15) is 12.8 Å². The Morgan fingerprint density at radius 1 is 1.18 bits per heavy atom. The molecule has 0 aromatic rings. The minimum Gasteiger partial charge on any atom is -0.329 e. The minimum absolute atomic E-state index is 0.282. The van der Waals surface area contributed by atoms with E-state index in [1.54, 1.807) is 0 Å². The monoisotopic (exact) mass is 174 g/mol. The molecule has 0 unspecified atom stereocenters. The molecule has 0 fully saturated rings. The quantitative estimate of drug-likeness (QED) is 0.443. The fraction of sp³-hybridized carbons (Fsp3) is 1.00. The summed E-state index contributed by atoms with van der Waals surface area (Å²) in [5.41, 5.74) is 5.34. The zero-order chi connectivity index (χ0) is 8.53.